The molecule has 1 heterocycles. The van der Waals surface area contributed by atoms with Crippen LogP contribution in [-0.4, -0.2) is 46.9 Å². The van der Waals surface area contributed by atoms with Crippen molar-refractivity contribution in [2.45, 2.75) is 18.9 Å². The molecule has 7 nitrogen and oxygen atoms in total. The maximum atomic E-state index is 12.2. The number of aromatic carboxylic acids is 1. The summed E-state index contributed by atoms with van der Waals surface area (Å²) in [5, 5.41) is 11.5. The van der Waals surface area contributed by atoms with Gasteiger partial charge in [0.1, 0.15) is 6.04 Å². The number of nitrogens with one attached hydrogen (secondary N) is 1. The van der Waals surface area contributed by atoms with E-state index in [2.05, 4.69) is 5.32 Å². The molecule has 2 rings (SSSR count). The summed E-state index contributed by atoms with van der Waals surface area (Å²) in [6, 6.07) is 5.35. The fraction of sp³-hybridized carbons (Fsp3) is 0.357. The van der Waals surface area contributed by atoms with E-state index in [1.54, 1.807) is 0 Å². The van der Waals surface area contributed by atoms with Crippen LogP contribution in [0.4, 0.5) is 5.69 Å². The second-order valence-electron chi connectivity index (χ2n) is 4.82. The van der Waals surface area contributed by atoms with Crippen molar-refractivity contribution in [3.63, 3.8) is 0 Å². The number of benzene rings is 1. The summed E-state index contributed by atoms with van der Waals surface area (Å²) in [5.74, 6) is -1.55. The first kappa shape index (κ1) is 15.0. The Labute approximate surface area is 121 Å². The van der Waals surface area contributed by atoms with Gasteiger partial charge in [0, 0.05) is 12.2 Å². The normalized spacial score (nSPS) is 17.6. The number of hydrogen-bond donors (Lipinski definition) is 3. The van der Waals surface area contributed by atoms with Crippen LogP contribution in [0.2, 0.25) is 0 Å². The second kappa shape index (κ2) is 6.36. The predicted molar refractivity (Wildman–Crippen MR) is 75.8 cm³/mol. The molecule has 1 aromatic carbocycles. The van der Waals surface area contributed by atoms with Gasteiger partial charge in [-0.1, -0.05) is 0 Å². The van der Waals surface area contributed by atoms with E-state index in [9.17, 15) is 14.4 Å². The van der Waals surface area contributed by atoms with Gasteiger partial charge in [0.15, 0.2) is 0 Å². The maximum absolute atomic E-state index is 12.2. The van der Waals surface area contributed by atoms with Crippen LogP contribution in [0.25, 0.3) is 0 Å². The molecule has 112 valence electrons. The molecule has 0 aromatic heterocycles. The SMILES string of the molecule is NCC(=O)N1CCC[C@H]1C(=O)Nc1cc[13c](C(=O)O)cc1. The number of carbonyl (C=O) groups excluding carboxylic acids is 2. The highest BCUT2D eigenvalue weighted by Crippen LogP contribution is 2.19. The lowest BCUT2D eigenvalue weighted by molar-refractivity contribution is -0.135. The summed E-state index contributed by atoms with van der Waals surface area (Å²) in [6.07, 6.45) is 1.37. The van der Waals surface area contributed by atoms with Crippen LogP contribution in [0.5, 0.6) is 0 Å². The third kappa shape index (κ3) is 3.38. The Bertz CT molecular complexity index is 556. The highest BCUT2D eigenvalue weighted by atomic mass is 16.4. The van der Waals surface area contributed by atoms with Crippen LogP contribution in [0.1, 0.15) is 23.2 Å². The van der Waals surface area contributed by atoms with Crippen molar-refractivity contribution in [3.8, 4) is 0 Å². The lowest BCUT2D eigenvalue weighted by Crippen LogP contribution is -2.45. The zero-order chi connectivity index (χ0) is 15.4. The van der Waals surface area contributed by atoms with E-state index in [1.807, 2.05) is 0 Å². The van der Waals surface area contributed by atoms with Gasteiger partial charge in [0.05, 0.1) is 12.1 Å². The molecule has 7 heteroatoms. The standard InChI is InChI=1S/C14H17N3O4/c15-8-12(18)17-7-1-2-11(17)13(19)16-10-5-3-9(4-6-10)14(20)21/h3-6,11H,1-2,7-8,15H2,(H,16,19)(H,20,21)/t11-/m0/s1/i9+1. The average molecular weight is 292 g/mol. The lowest BCUT2D eigenvalue weighted by Gasteiger charge is -2.23. The topological polar surface area (TPSA) is 113 Å². The molecule has 0 radical (unpaired) electrons. The minimum Gasteiger partial charge on any atom is -0.478 e. The number of carboxylic acid groups (broad SMARTS) is 1. The fourth-order valence-corrected chi connectivity index (χ4v) is 2.38. The van der Waals surface area contributed by atoms with E-state index in [1.165, 1.54) is 29.2 Å². The summed E-state index contributed by atoms with van der Waals surface area (Å²) in [4.78, 5) is 36.1. The number of nitrogens with zero attached hydrogens (tertiary/aromatic N) is 1. The lowest BCUT2D eigenvalue weighted by atomic mass is 10.2. The Morgan fingerprint density at radius 2 is 1.95 bits per heavy atom. The fourth-order valence-electron chi connectivity index (χ4n) is 2.38. The minimum atomic E-state index is -1.02. The molecule has 0 spiro atoms. The average Bonchev–Trinajstić information content (AvgIpc) is 2.96. The highest BCUT2D eigenvalue weighted by molar-refractivity contribution is 5.98. The number of anilines is 1. The van der Waals surface area contributed by atoms with E-state index >= 15 is 0 Å². The number of likely N-dealkylation sites (tertiary alicyclic amines) is 1. The molecule has 21 heavy (non-hydrogen) atoms. The van der Waals surface area contributed by atoms with E-state index in [4.69, 9.17) is 10.8 Å². The number of amides is 2. The Morgan fingerprint density at radius 3 is 2.52 bits per heavy atom. The first-order valence-electron chi connectivity index (χ1n) is 6.66. The molecular formula is C14H17N3O4. The smallest absolute Gasteiger partial charge is 0.335 e. The van der Waals surface area contributed by atoms with Crippen molar-refractivity contribution in [2.75, 3.05) is 18.4 Å². The molecule has 1 aromatic rings. The zero-order valence-corrected chi connectivity index (χ0v) is 11.4. The van der Waals surface area contributed by atoms with Crippen LogP contribution >= 0.6 is 0 Å². The van der Waals surface area contributed by atoms with Crippen LogP contribution < -0.4 is 11.1 Å². The summed E-state index contributed by atoms with van der Waals surface area (Å²) >= 11 is 0. The van der Waals surface area contributed by atoms with Gasteiger partial charge in [0.2, 0.25) is 11.8 Å². The number of rotatable bonds is 4. The molecular weight excluding hydrogens is 275 g/mol. The Morgan fingerprint density at radius 1 is 1.29 bits per heavy atom. The monoisotopic (exact) mass is 292 g/mol. The number of carboxylic acids is 1. The molecule has 1 saturated heterocycles. The van der Waals surface area contributed by atoms with Gasteiger partial charge in [-0.2, -0.15) is 0 Å². The molecule has 0 aliphatic carbocycles. The number of carbonyl (C=O) groups is 3. The summed E-state index contributed by atoms with van der Waals surface area (Å²) in [6.45, 7) is 0.420. The predicted octanol–water partition coefficient (Wildman–Crippen LogP) is 0.273. The van der Waals surface area contributed by atoms with Crippen LogP contribution in [0, 0.1) is 0 Å². The molecule has 1 atom stereocenters. The van der Waals surface area contributed by atoms with Gasteiger partial charge in [-0.15, -0.1) is 0 Å². The molecule has 1 aliphatic heterocycles. The third-order valence-corrected chi connectivity index (χ3v) is 3.45. The highest BCUT2D eigenvalue weighted by Gasteiger charge is 2.33. The molecule has 1 aliphatic rings. The first-order chi connectivity index (χ1) is 10.0. The summed E-state index contributed by atoms with van der Waals surface area (Å²) in [5.41, 5.74) is 5.98. The van der Waals surface area contributed by atoms with Crippen molar-refractivity contribution >= 4 is 23.5 Å². The van der Waals surface area contributed by atoms with E-state index in [0.29, 0.717) is 18.7 Å². The van der Waals surface area contributed by atoms with E-state index in [-0.39, 0.29) is 23.9 Å². The van der Waals surface area contributed by atoms with Crippen molar-refractivity contribution < 1.29 is 19.5 Å². The van der Waals surface area contributed by atoms with Crippen molar-refractivity contribution in [3.05, 3.63) is 29.8 Å². The minimum absolute atomic E-state index is 0.114. The van der Waals surface area contributed by atoms with E-state index in [0.717, 1.165) is 6.42 Å². The number of nitrogens with two attached hydrogens (primary N) is 1. The Balaban J connectivity index is 2.03. The summed E-state index contributed by atoms with van der Waals surface area (Å²) in [7, 11) is 0. The van der Waals surface area contributed by atoms with Crippen LogP contribution in [-0.2, 0) is 9.59 Å². The molecule has 2 amide bonds. The molecule has 4 N–H and O–H groups in total. The van der Waals surface area contributed by atoms with E-state index < -0.39 is 12.0 Å². The van der Waals surface area contributed by atoms with Crippen molar-refractivity contribution in [1.29, 1.82) is 0 Å². The van der Waals surface area contributed by atoms with Gasteiger partial charge in [-0.05, 0) is 37.1 Å². The second-order valence-corrected chi connectivity index (χ2v) is 4.82. The molecule has 0 saturated carbocycles. The van der Waals surface area contributed by atoms with Crippen molar-refractivity contribution in [2.24, 2.45) is 5.73 Å². The maximum Gasteiger partial charge on any atom is 0.335 e. The largest absolute Gasteiger partial charge is 0.478 e. The van der Waals surface area contributed by atoms with Gasteiger partial charge >= 0.3 is 5.97 Å². The molecule has 0 bridgehead atoms. The van der Waals surface area contributed by atoms with Gasteiger partial charge in [-0.3, -0.25) is 9.59 Å². The van der Waals surface area contributed by atoms with Gasteiger partial charge in [-0.25, -0.2) is 4.79 Å². The molecule has 1 fully saturated rings. The Kier molecular flexibility index (Phi) is 4.54. The van der Waals surface area contributed by atoms with Gasteiger partial charge < -0.3 is 21.1 Å². The van der Waals surface area contributed by atoms with Crippen molar-refractivity contribution in [1.82, 2.24) is 4.90 Å². The van der Waals surface area contributed by atoms with Gasteiger partial charge in [0.25, 0.3) is 0 Å². The third-order valence-electron chi connectivity index (χ3n) is 3.45. The quantitative estimate of drug-likeness (QED) is 0.737. The zero-order valence-electron chi connectivity index (χ0n) is 11.4. The summed E-state index contributed by atoms with van der Waals surface area (Å²) < 4.78 is 0. The molecule has 0 unspecified atom stereocenters. The Hall–Kier alpha value is -2.41. The van der Waals surface area contributed by atoms with Crippen LogP contribution in [0.3, 0.4) is 0 Å². The first-order valence-corrected chi connectivity index (χ1v) is 6.66. The van der Waals surface area contributed by atoms with Crippen LogP contribution in [0.15, 0.2) is 24.3 Å². The number of hydrogen-bond acceptors (Lipinski definition) is 4.